The van der Waals surface area contributed by atoms with E-state index >= 15 is 0 Å². The first-order valence-electron chi connectivity index (χ1n) is 4.11. The molecule has 0 aliphatic rings. The van der Waals surface area contributed by atoms with Crippen molar-refractivity contribution in [2.75, 3.05) is 6.54 Å². The fourth-order valence-corrected chi connectivity index (χ4v) is 1.42. The van der Waals surface area contributed by atoms with Crippen molar-refractivity contribution in [3.63, 3.8) is 0 Å². The quantitative estimate of drug-likeness (QED) is 0.834. The Balaban J connectivity index is 3.18. The number of alkyl halides is 3. The predicted octanol–water partition coefficient (Wildman–Crippen LogP) is 2.65. The lowest BCUT2D eigenvalue weighted by molar-refractivity contribution is -0.148. The first-order chi connectivity index (χ1) is 6.86. The second-order valence-corrected chi connectivity index (χ2v) is 3.47. The number of hydrogen-bond acceptors (Lipinski definition) is 2. The summed E-state index contributed by atoms with van der Waals surface area (Å²) in [5.74, 6) is -2.34. The molecule has 2 nitrogen and oxygen atoms in total. The van der Waals surface area contributed by atoms with E-state index in [1.807, 2.05) is 0 Å². The Bertz CT molecular complexity index is 354. The third kappa shape index (κ3) is 2.76. The monoisotopic (exact) mass is 239 g/mol. The number of rotatable bonds is 2. The van der Waals surface area contributed by atoms with Crippen LogP contribution in [0.25, 0.3) is 0 Å². The molecule has 6 heteroatoms. The van der Waals surface area contributed by atoms with E-state index in [0.29, 0.717) is 0 Å². The van der Waals surface area contributed by atoms with E-state index in [2.05, 4.69) is 0 Å². The first kappa shape index (κ1) is 12.1. The molecule has 15 heavy (non-hydrogen) atoms. The van der Waals surface area contributed by atoms with Crippen molar-refractivity contribution in [2.24, 2.45) is 5.73 Å². The summed E-state index contributed by atoms with van der Waals surface area (Å²) in [6.45, 7) is -0.628. The lowest BCUT2D eigenvalue weighted by Crippen LogP contribution is -2.28. The van der Waals surface area contributed by atoms with Crippen molar-refractivity contribution < 1.29 is 18.3 Å². The number of hydrogen-bond donors (Lipinski definition) is 2. The SMILES string of the molecule is NCC(c1cc(Cl)ccc1O)C(F)(F)F. The average Bonchev–Trinajstić information content (AvgIpc) is 2.10. The van der Waals surface area contributed by atoms with Gasteiger partial charge in [-0.05, 0) is 18.2 Å². The number of phenols is 1. The highest BCUT2D eigenvalue weighted by molar-refractivity contribution is 6.30. The molecule has 0 saturated carbocycles. The van der Waals surface area contributed by atoms with E-state index in [1.54, 1.807) is 0 Å². The Labute approximate surface area is 89.5 Å². The summed E-state index contributed by atoms with van der Waals surface area (Å²) in [6.07, 6.45) is -4.49. The van der Waals surface area contributed by atoms with Crippen LogP contribution in [-0.4, -0.2) is 17.8 Å². The summed E-state index contributed by atoms with van der Waals surface area (Å²) in [7, 11) is 0. The van der Waals surface area contributed by atoms with Crippen LogP contribution >= 0.6 is 11.6 Å². The van der Waals surface area contributed by atoms with Crippen molar-refractivity contribution in [3.05, 3.63) is 28.8 Å². The second-order valence-electron chi connectivity index (χ2n) is 3.03. The molecule has 0 radical (unpaired) electrons. The molecule has 3 N–H and O–H groups in total. The Morgan fingerprint density at radius 2 is 2.00 bits per heavy atom. The predicted molar refractivity (Wildman–Crippen MR) is 51.0 cm³/mol. The Hall–Kier alpha value is -0.940. The highest BCUT2D eigenvalue weighted by atomic mass is 35.5. The van der Waals surface area contributed by atoms with E-state index < -0.39 is 24.4 Å². The molecule has 1 aromatic rings. The summed E-state index contributed by atoms with van der Waals surface area (Å²) in [5, 5.41) is 9.42. The van der Waals surface area contributed by atoms with Gasteiger partial charge in [-0.25, -0.2) is 0 Å². The summed E-state index contributed by atoms with van der Waals surface area (Å²) < 4.78 is 37.5. The lowest BCUT2D eigenvalue weighted by Gasteiger charge is -2.19. The molecule has 1 aromatic carbocycles. The first-order valence-corrected chi connectivity index (χ1v) is 4.49. The van der Waals surface area contributed by atoms with Crippen LogP contribution in [0.3, 0.4) is 0 Å². The van der Waals surface area contributed by atoms with Gasteiger partial charge in [-0.15, -0.1) is 0 Å². The minimum absolute atomic E-state index is 0.130. The van der Waals surface area contributed by atoms with E-state index in [4.69, 9.17) is 17.3 Å². The summed E-state index contributed by atoms with van der Waals surface area (Å²) in [4.78, 5) is 0. The zero-order chi connectivity index (χ0) is 11.6. The van der Waals surface area contributed by atoms with Gasteiger partial charge in [-0.2, -0.15) is 13.2 Å². The van der Waals surface area contributed by atoms with Gasteiger partial charge >= 0.3 is 6.18 Å². The van der Waals surface area contributed by atoms with Crippen LogP contribution in [-0.2, 0) is 0 Å². The Morgan fingerprint density at radius 1 is 1.40 bits per heavy atom. The van der Waals surface area contributed by atoms with Crippen LogP contribution in [0.1, 0.15) is 11.5 Å². The van der Waals surface area contributed by atoms with E-state index in [-0.39, 0.29) is 10.6 Å². The number of halogens is 4. The van der Waals surface area contributed by atoms with Gasteiger partial charge in [0.05, 0.1) is 5.92 Å². The Morgan fingerprint density at radius 3 is 2.47 bits per heavy atom. The third-order valence-corrected chi connectivity index (χ3v) is 2.23. The maximum absolute atomic E-state index is 12.5. The highest BCUT2D eigenvalue weighted by Gasteiger charge is 2.41. The summed E-state index contributed by atoms with van der Waals surface area (Å²) >= 11 is 5.55. The molecule has 1 unspecified atom stereocenters. The summed E-state index contributed by atoms with van der Waals surface area (Å²) in [6, 6.07) is 3.50. The van der Waals surface area contributed by atoms with Crippen molar-refractivity contribution in [3.8, 4) is 5.75 Å². The zero-order valence-electron chi connectivity index (χ0n) is 7.55. The van der Waals surface area contributed by atoms with Crippen LogP contribution in [0.4, 0.5) is 13.2 Å². The molecular weight excluding hydrogens is 231 g/mol. The van der Waals surface area contributed by atoms with Gasteiger partial charge in [0.1, 0.15) is 5.75 Å². The van der Waals surface area contributed by atoms with Crippen LogP contribution in [0.15, 0.2) is 18.2 Å². The minimum atomic E-state index is -4.49. The molecule has 0 saturated heterocycles. The molecule has 1 atom stereocenters. The topological polar surface area (TPSA) is 46.2 Å². The maximum Gasteiger partial charge on any atom is 0.397 e. The smallest absolute Gasteiger partial charge is 0.397 e. The van der Waals surface area contributed by atoms with E-state index in [1.165, 1.54) is 6.07 Å². The normalized spacial score (nSPS) is 13.9. The zero-order valence-corrected chi connectivity index (χ0v) is 8.31. The van der Waals surface area contributed by atoms with E-state index in [9.17, 15) is 18.3 Å². The largest absolute Gasteiger partial charge is 0.508 e. The van der Waals surface area contributed by atoms with Crippen LogP contribution in [0.5, 0.6) is 5.75 Å². The fraction of sp³-hybridized carbons (Fsp3) is 0.333. The Kier molecular flexibility index (Phi) is 3.46. The van der Waals surface area contributed by atoms with Crippen molar-refractivity contribution in [1.82, 2.24) is 0 Å². The highest BCUT2D eigenvalue weighted by Crippen LogP contribution is 2.38. The fourth-order valence-electron chi connectivity index (χ4n) is 1.24. The number of benzene rings is 1. The molecular formula is C9H9ClF3NO. The number of phenolic OH excluding ortho intramolecular Hbond substituents is 1. The van der Waals surface area contributed by atoms with Gasteiger partial charge in [-0.3, -0.25) is 0 Å². The average molecular weight is 240 g/mol. The molecule has 1 rings (SSSR count). The molecule has 0 spiro atoms. The second kappa shape index (κ2) is 4.28. The molecule has 0 aliphatic carbocycles. The van der Waals surface area contributed by atoms with Crippen molar-refractivity contribution >= 4 is 11.6 Å². The summed E-state index contributed by atoms with van der Waals surface area (Å²) in [5.41, 5.74) is 4.74. The van der Waals surface area contributed by atoms with Crippen LogP contribution in [0, 0.1) is 0 Å². The molecule has 0 fully saturated rings. The molecule has 84 valence electrons. The van der Waals surface area contributed by atoms with E-state index in [0.717, 1.165) is 12.1 Å². The van der Waals surface area contributed by atoms with Crippen LogP contribution in [0.2, 0.25) is 5.02 Å². The molecule has 0 aliphatic heterocycles. The number of nitrogens with two attached hydrogens (primary N) is 1. The molecule has 0 bridgehead atoms. The van der Waals surface area contributed by atoms with Gasteiger partial charge in [0, 0.05) is 17.1 Å². The molecule has 0 aromatic heterocycles. The minimum Gasteiger partial charge on any atom is -0.508 e. The standard InChI is InChI=1S/C9H9ClF3NO/c10-5-1-2-8(15)6(3-5)7(4-14)9(11,12)13/h1-3,7,15H,4,14H2. The van der Waals surface area contributed by atoms with Gasteiger partial charge in [-0.1, -0.05) is 11.6 Å². The van der Waals surface area contributed by atoms with Gasteiger partial charge in [0.2, 0.25) is 0 Å². The third-order valence-electron chi connectivity index (χ3n) is 2.00. The van der Waals surface area contributed by atoms with Crippen LogP contribution < -0.4 is 5.73 Å². The van der Waals surface area contributed by atoms with Gasteiger partial charge < -0.3 is 10.8 Å². The van der Waals surface area contributed by atoms with Gasteiger partial charge in [0.25, 0.3) is 0 Å². The molecule has 0 amide bonds. The van der Waals surface area contributed by atoms with Gasteiger partial charge in [0.15, 0.2) is 0 Å². The maximum atomic E-state index is 12.5. The van der Waals surface area contributed by atoms with Crippen molar-refractivity contribution in [1.29, 1.82) is 0 Å². The molecule has 0 heterocycles. The number of aromatic hydroxyl groups is 1. The lowest BCUT2D eigenvalue weighted by atomic mass is 9.98. The van der Waals surface area contributed by atoms with Crippen molar-refractivity contribution in [2.45, 2.75) is 12.1 Å².